The average Bonchev–Trinajstić information content (AvgIpc) is 3.30. The van der Waals surface area contributed by atoms with E-state index >= 15 is 4.39 Å². The minimum atomic E-state index is -4.74. The van der Waals surface area contributed by atoms with Gasteiger partial charge in [0.1, 0.15) is 17.3 Å². The molecule has 226 valence electrons. The molecule has 2 aromatic heterocycles. The number of hydrogen-bond donors (Lipinski definition) is 2. The van der Waals surface area contributed by atoms with Gasteiger partial charge in [0, 0.05) is 36.8 Å². The summed E-state index contributed by atoms with van der Waals surface area (Å²) in [5.74, 6) is -1.31. The summed E-state index contributed by atoms with van der Waals surface area (Å²) in [5.41, 5.74) is 7.43. The van der Waals surface area contributed by atoms with Gasteiger partial charge in [-0.25, -0.2) is 23.2 Å². The van der Waals surface area contributed by atoms with Crippen molar-refractivity contribution in [2.45, 2.75) is 39.9 Å². The van der Waals surface area contributed by atoms with E-state index in [1.165, 1.54) is 17.0 Å². The first-order chi connectivity index (χ1) is 20.3. The second-order valence-corrected chi connectivity index (χ2v) is 10.7. The highest BCUT2D eigenvalue weighted by atomic mass is 19.4. The number of carbonyl (C=O) groups is 1. The van der Waals surface area contributed by atoms with Crippen molar-refractivity contribution < 1.29 is 31.5 Å². The number of anilines is 2. The number of hydrogen-bond acceptors (Lipinski definition) is 5. The fraction of sp³-hybridized carbons (Fsp3) is 0.300. The van der Waals surface area contributed by atoms with Crippen LogP contribution in [-0.4, -0.2) is 33.9 Å². The average molecular weight is 601 g/mol. The van der Waals surface area contributed by atoms with Gasteiger partial charge in [0.25, 0.3) is 0 Å². The zero-order valence-electron chi connectivity index (χ0n) is 23.6. The molecule has 0 fully saturated rings. The molecule has 43 heavy (non-hydrogen) atoms. The van der Waals surface area contributed by atoms with E-state index in [0.717, 1.165) is 5.56 Å². The molecule has 3 heterocycles. The zero-order valence-corrected chi connectivity index (χ0v) is 23.6. The van der Waals surface area contributed by atoms with Gasteiger partial charge in [-0.05, 0) is 42.7 Å². The molecule has 0 spiro atoms. The van der Waals surface area contributed by atoms with Crippen LogP contribution in [0.15, 0.2) is 48.7 Å². The zero-order chi connectivity index (χ0) is 31.1. The molecule has 3 N–H and O–H groups in total. The largest absolute Gasteiger partial charge is 0.491 e. The van der Waals surface area contributed by atoms with E-state index in [0.29, 0.717) is 59.2 Å². The maximum atomic E-state index is 15.2. The third-order valence-corrected chi connectivity index (χ3v) is 6.97. The lowest BCUT2D eigenvalue weighted by atomic mass is 9.99. The van der Waals surface area contributed by atoms with Gasteiger partial charge in [0.05, 0.1) is 29.2 Å². The Bertz CT molecular complexity index is 1680. The second-order valence-electron chi connectivity index (χ2n) is 10.7. The minimum Gasteiger partial charge on any atom is -0.491 e. The molecule has 5 rings (SSSR count). The molecule has 1 aliphatic rings. The number of aromatic nitrogens is 3. The number of amides is 2. The van der Waals surface area contributed by atoms with E-state index in [1.54, 1.807) is 10.7 Å². The number of fused-ring (bicyclic) bond motifs is 1. The first kappa shape index (κ1) is 29.8. The number of aryl methyl sites for hydroxylation is 1. The van der Waals surface area contributed by atoms with E-state index in [4.69, 9.17) is 15.6 Å². The van der Waals surface area contributed by atoms with Crippen LogP contribution in [0, 0.1) is 24.5 Å². The van der Waals surface area contributed by atoms with E-state index in [-0.39, 0.29) is 30.5 Å². The molecule has 0 atom stereocenters. The maximum Gasteiger partial charge on any atom is 0.417 e. The Morgan fingerprint density at radius 1 is 1.14 bits per heavy atom. The van der Waals surface area contributed by atoms with Crippen LogP contribution in [0.1, 0.15) is 36.2 Å². The maximum absolute atomic E-state index is 15.2. The van der Waals surface area contributed by atoms with Gasteiger partial charge in [0.2, 0.25) is 0 Å². The molecule has 8 nitrogen and oxygen atoms in total. The normalized spacial score (nSPS) is 13.3. The van der Waals surface area contributed by atoms with Crippen molar-refractivity contribution >= 4 is 17.5 Å². The Kier molecular flexibility index (Phi) is 8.00. The van der Waals surface area contributed by atoms with Crippen molar-refractivity contribution in [3.63, 3.8) is 0 Å². The van der Waals surface area contributed by atoms with Crippen molar-refractivity contribution in [3.05, 3.63) is 82.7 Å². The number of nitrogens with zero attached hydrogens (tertiary/aromatic N) is 4. The van der Waals surface area contributed by atoms with Crippen molar-refractivity contribution in [3.8, 4) is 22.7 Å². The molecule has 0 bridgehead atoms. The molecule has 2 amide bonds. The molecule has 0 aliphatic carbocycles. The highest BCUT2D eigenvalue weighted by molar-refractivity contribution is 5.88. The molecule has 0 unspecified atom stereocenters. The lowest BCUT2D eigenvalue weighted by molar-refractivity contribution is -0.138. The summed E-state index contributed by atoms with van der Waals surface area (Å²) in [4.78, 5) is 16.7. The van der Waals surface area contributed by atoms with Crippen molar-refractivity contribution in [1.29, 1.82) is 0 Å². The Hall–Kier alpha value is -4.68. The van der Waals surface area contributed by atoms with E-state index in [2.05, 4.69) is 10.3 Å². The van der Waals surface area contributed by atoms with Gasteiger partial charge in [0.15, 0.2) is 11.6 Å². The van der Waals surface area contributed by atoms with Gasteiger partial charge in [-0.2, -0.15) is 18.3 Å². The van der Waals surface area contributed by atoms with Crippen LogP contribution >= 0.6 is 0 Å². The summed E-state index contributed by atoms with van der Waals surface area (Å²) in [6, 6.07) is 9.22. The molecule has 0 saturated heterocycles. The number of carbonyl (C=O) groups excluding carboxylic acids is 1. The van der Waals surface area contributed by atoms with E-state index < -0.39 is 29.4 Å². The summed E-state index contributed by atoms with van der Waals surface area (Å²) in [6.45, 7) is 6.62. The molecule has 13 heteroatoms. The summed E-state index contributed by atoms with van der Waals surface area (Å²) in [7, 11) is 0. The van der Waals surface area contributed by atoms with Gasteiger partial charge >= 0.3 is 12.2 Å². The Labute approximate surface area is 244 Å². The number of para-hydroxylation sites is 1. The first-order valence-electron chi connectivity index (χ1n) is 13.5. The molecule has 1 aliphatic heterocycles. The van der Waals surface area contributed by atoms with Gasteiger partial charge in [-0.3, -0.25) is 0 Å². The lowest BCUT2D eigenvalue weighted by Gasteiger charge is -2.28. The van der Waals surface area contributed by atoms with Crippen LogP contribution in [0.25, 0.3) is 16.9 Å². The number of nitrogens with one attached hydrogen (secondary N) is 1. The number of alkyl halides is 3. The fourth-order valence-corrected chi connectivity index (χ4v) is 5.00. The topological polar surface area (TPSA) is 98.3 Å². The number of nitrogens with two attached hydrogens (primary N) is 1. The molecular weight excluding hydrogens is 571 g/mol. The van der Waals surface area contributed by atoms with Crippen LogP contribution < -0.4 is 20.7 Å². The van der Waals surface area contributed by atoms with Gasteiger partial charge in [-0.15, -0.1) is 0 Å². The van der Waals surface area contributed by atoms with Crippen LogP contribution in [0.5, 0.6) is 5.75 Å². The van der Waals surface area contributed by atoms with Gasteiger partial charge < -0.3 is 20.7 Å². The van der Waals surface area contributed by atoms with Crippen molar-refractivity contribution in [2.75, 3.05) is 23.4 Å². The molecular formula is C30H29F5N6O2. The second kappa shape index (κ2) is 11.5. The Morgan fingerprint density at radius 2 is 1.91 bits per heavy atom. The summed E-state index contributed by atoms with van der Waals surface area (Å²) >= 11 is 0. The van der Waals surface area contributed by atoms with E-state index in [9.17, 15) is 22.4 Å². The first-order valence-corrected chi connectivity index (χ1v) is 13.5. The van der Waals surface area contributed by atoms with Crippen LogP contribution in [0.3, 0.4) is 0 Å². The van der Waals surface area contributed by atoms with Crippen molar-refractivity contribution in [2.24, 2.45) is 11.7 Å². The molecule has 4 aromatic rings. The smallest absolute Gasteiger partial charge is 0.417 e. The van der Waals surface area contributed by atoms with Crippen LogP contribution in [0.2, 0.25) is 0 Å². The number of urea groups is 1. The quantitative estimate of drug-likeness (QED) is 0.232. The Balaban J connectivity index is 1.66. The number of halogens is 5. The number of pyridine rings is 1. The monoisotopic (exact) mass is 600 g/mol. The number of ether oxygens (including phenoxy) is 1. The Morgan fingerprint density at radius 3 is 2.56 bits per heavy atom. The standard InChI is InChI=1S/C30H29F5N6O2/c1-16(2)15-43-25-6-4-5-17(3)26(25)41-27(18-7-8-24(21(31)11-18)38-29(36)42)20-14-40(10-9-23(20)39-41)28-22(32)12-19(13-37-28)30(33,34)35/h4-8,11-13,16H,9-10,14-15H2,1-3H3,(H3,36,38,42). The highest BCUT2D eigenvalue weighted by Gasteiger charge is 2.34. The minimum absolute atomic E-state index is 0.0386. The van der Waals surface area contributed by atoms with Crippen LogP contribution in [-0.2, 0) is 19.1 Å². The number of primary amides is 1. The molecule has 0 saturated carbocycles. The van der Waals surface area contributed by atoms with Crippen LogP contribution in [0.4, 0.5) is 38.3 Å². The third-order valence-electron chi connectivity index (χ3n) is 6.97. The summed E-state index contributed by atoms with van der Waals surface area (Å²) in [5, 5.41) is 7.11. The summed E-state index contributed by atoms with van der Waals surface area (Å²) < 4.78 is 77.3. The van der Waals surface area contributed by atoms with Crippen molar-refractivity contribution in [1.82, 2.24) is 14.8 Å². The predicted molar refractivity (Wildman–Crippen MR) is 151 cm³/mol. The predicted octanol–water partition coefficient (Wildman–Crippen LogP) is 6.63. The third kappa shape index (κ3) is 6.11. The number of rotatable bonds is 7. The SMILES string of the molecule is Cc1cccc(OCC(C)C)c1-n1nc2c(c1-c1ccc(NC(N)=O)c(F)c1)CN(c1ncc(C(F)(F)F)cc1F)CC2. The molecule has 2 aromatic carbocycles. The fourth-order valence-electron chi connectivity index (χ4n) is 5.00. The number of benzene rings is 2. The molecule has 0 radical (unpaired) electrons. The highest BCUT2D eigenvalue weighted by Crippen LogP contribution is 2.39. The summed E-state index contributed by atoms with van der Waals surface area (Å²) in [6.07, 6.45) is -3.82. The van der Waals surface area contributed by atoms with E-state index in [1.807, 2.05) is 39.0 Å². The van der Waals surface area contributed by atoms with Gasteiger partial charge in [-0.1, -0.05) is 32.0 Å². The lowest BCUT2D eigenvalue weighted by Crippen LogP contribution is -2.32.